The molecule has 0 saturated heterocycles. The highest BCUT2D eigenvalue weighted by molar-refractivity contribution is 6.34. The number of pyridine rings is 1. The normalized spacial score (nSPS) is 11.6. The van der Waals surface area contributed by atoms with Gasteiger partial charge in [-0.15, -0.1) is 0 Å². The van der Waals surface area contributed by atoms with Crippen LogP contribution in [-0.4, -0.2) is 26.4 Å². The first-order valence-corrected chi connectivity index (χ1v) is 9.99. The lowest BCUT2D eigenvalue weighted by atomic mass is 10.1. The first-order valence-electron chi connectivity index (χ1n) is 9.24. The first-order chi connectivity index (χ1) is 16.0. The summed E-state index contributed by atoms with van der Waals surface area (Å²) in [5.74, 6) is -2.61. The molecule has 0 spiro atoms. The van der Waals surface area contributed by atoms with Gasteiger partial charge in [0.05, 0.1) is 21.2 Å². The van der Waals surface area contributed by atoms with Crippen LogP contribution in [0.25, 0.3) is 16.9 Å². The minimum absolute atomic E-state index is 0.0141. The average molecular weight is 516 g/mol. The molecule has 0 unspecified atom stereocenters. The maximum Gasteiger partial charge on any atom is 0.417 e. The van der Waals surface area contributed by atoms with Crippen LogP contribution in [0, 0.1) is 12.7 Å². The quantitative estimate of drug-likeness (QED) is 0.300. The zero-order chi connectivity index (χ0) is 24.8. The third kappa shape index (κ3) is 4.29. The maximum atomic E-state index is 14.3. The summed E-state index contributed by atoms with van der Waals surface area (Å²) >= 11 is 11.9. The lowest BCUT2D eigenvalue weighted by Crippen LogP contribution is -2.42. The van der Waals surface area contributed by atoms with Gasteiger partial charge in [-0.25, -0.2) is 9.37 Å². The topological polar surface area (TPSA) is 102 Å². The molecule has 176 valence electrons. The second-order valence-electron chi connectivity index (χ2n) is 6.90. The molecule has 14 heteroatoms. The molecule has 4 rings (SSSR count). The van der Waals surface area contributed by atoms with Crippen molar-refractivity contribution in [3.05, 3.63) is 75.1 Å². The number of nitrogens with one attached hydrogen (secondary N) is 2. The molecule has 0 aliphatic heterocycles. The molecule has 0 fully saturated rings. The van der Waals surface area contributed by atoms with Gasteiger partial charge in [-0.1, -0.05) is 34.4 Å². The van der Waals surface area contributed by atoms with Gasteiger partial charge >= 0.3 is 6.18 Å². The molecule has 0 radical (unpaired) electrons. The Morgan fingerprint density at radius 2 is 1.79 bits per heavy atom. The Kier molecular flexibility index (Phi) is 5.96. The highest BCUT2D eigenvalue weighted by Crippen LogP contribution is 2.34. The summed E-state index contributed by atoms with van der Waals surface area (Å²) in [6.07, 6.45) is -2.94. The van der Waals surface area contributed by atoms with Crippen molar-refractivity contribution in [1.82, 2.24) is 25.4 Å². The fraction of sp³-hybridized carbons (Fsp3) is 0.100. The summed E-state index contributed by atoms with van der Waals surface area (Å²) in [5.41, 5.74) is 2.15. The molecule has 0 atom stereocenters. The number of nitrogens with zero attached hydrogens (tertiary/aromatic N) is 3. The van der Waals surface area contributed by atoms with Gasteiger partial charge in [0.2, 0.25) is 0 Å². The van der Waals surface area contributed by atoms with E-state index in [9.17, 15) is 27.2 Å². The average Bonchev–Trinajstić information content (AvgIpc) is 3.35. The second-order valence-corrected chi connectivity index (χ2v) is 7.71. The lowest BCUT2D eigenvalue weighted by molar-refractivity contribution is -0.137. The predicted octanol–water partition coefficient (Wildman–Crippen LogP) is 4.84. The van der Waals surface area contributed by atoms with E-state index in [0.29, 0.717) is 12.3 Å². The number of amides is 2. The van der Waals surface area contributed by atoms with E-state index in [0.717, 1.165) is 16.7 Å². The summed E-state index contributed by atoms with van der Waals surface area (Å²) < 4.78 is 59.2. The van der Waals surface area contributed by atoms with Crippen LogP contribution in [0.1, 0.15) is 32.2 Å². The summed E-state index contributed by atoms with van der Waals surface area (Å²) in [4.78, 5) is 29.0. The number of carbonyl (C=O) groups excluding carboxylic acids is 2. The van der Waals surface area contributed by atoms with Crippen molar-refractivity contribution < 1.29 is 31.7 Å². The van der Waals surface area contributed by atoms with Crippen LogP contribution in [0.4, 0.5) is 17.6 Å². The molecule has 2 N–H and O–H groups in total. The van der Waals surface area contributed by atoms with Crippen LogP contribution >= 0.6 is 23.2 Å². The van der Waals surface area contributed by atoms with E-state index in [1.54, 1.807) is 0 Å². The number of benzene rings is 1. The van der Waals surface area contributed by atoms with E-state index < -0.39 is 29.4 Å². The standard InChI is InChI=1S/C20H11Cl2F4N5O3/c1-8-14(16(30-34-8)15-10(21)3-2-4-12(15)23)19(33)29-28-18(32)13-7-31-6-9(20(24,25)26)5-11(22)17(31)27-13/h2-7H,1H3,(H,28,32)(H,29,33). The smallest absolute Gasteiger partial charge is 0.360 e. The number of hydrogen-bond acceptors (Lipinski definition) is 5. The monoisotopic (exact) mass is 515 g/mol. The predicted molar refractivity (Wildman–Crippen MR) is 112 cm³/mol. The zero-order valence-corrected chi connectivity index (χ0v) is 18.3. The number of aromatic nitrogens is 3. The number of carbonyl (C=O) groups is 2. The van der Waals surface area contributed by atoms with Gasteiger partial charge < -0.3 is 8.92 Å². The van der Waals surface area contributed by atoms with Gasteiger partial charge in [0.25, 0.3) is 11.8 Å². The summed E-state index contributed by atoms with van der Waals surface area (Å²) in [5, 5.41) is 3.33. The molecule has 2 amide bonds. The fourth-order valence-corrected chi connectivity index (χ4v) is 3.61. The third-order valence-corrected chi connectivity index (χ3v) is 5.24. The van der Waals surface area contributed by atoms with Crippen molar-refractivity contribution in [3.63, 3.8) is 0 Å². The molecule has 0 saturated carbocycles. The van der Waals surface area contributed by atoms with Crippen molar-refractivity contribution in [3.8, 4) is 11.3 Å². The van der Waals surface area contributed by atoms with E-state index in [4.69, 9.17) is 27.7 Å². The van der Waals surface area contributed by atoms with E-state index in [-0.39, 0.29) is 44.0 Å². The third-order valence-electron chi connectivity index (χ3n) is 4.65. The van der Waals surface area contributed by atoms with Crippen LogP contribution in [0.5, 0.6) is 0 Å². The Morgan fingerprint density at radius 3 is 2.47 bits per heavy atom. The summed E-state index contributed by atoms with van der Waals surface area (Å²) in [6, 6.07) is 4.56. The second kappa shape index (κ2) is 8.61. The number of aryl methyl sites for hydroxylation is 1. The Hall–Kier alpha value is -3.64. The number of alkyl halides is 3. The number of rotatable bonds is 3. The number of fused-ring (bicyclic) bond motifs is 1. The molecule has 0 aliphatic rings. The molecule has 3 heterocycles. The molecular weight excluding hydrogens is 505 g/mol. The van der Waals surface area contributed by atoms with Crippen LogP contribution in [0.15, 0.2) is 41.2 Å². The van der Waals surface area contributed by atoms with Gasteiger partial charge in [-0.05, 0) is 25.1 Å². The largest absolute Gasteiger partial charge is 0.417 e. The Balaban J connectivity index is 1.57. The van der Waals surface area contributed by atoms with E-state index in [2.05, 4.69) is 21.0 Å². The minimum atomic E-state index is -4.66. The highest BCUT2D eigenvalue weighted by Gasteiger charge is 2.32. The van der Waals surface area contributed by atoms with Gasteiger partial charge in [-0.3, -0.25) is 20.4 Å². The molecule has 3 aromatic heterocycles. The summed E-state index contributed by atoms with van der Waals surface area (Å²) in [6.45, 7) is 1.39. The molecule has 0 aliphatic carbocycles. The number of imidazole rings is 1. The lowest BCUT2D eigenvalue weighted by Gasteiger charge is -2.08. The number of halogens is 6. The van der Waals surface area contributed by atoms with Crippen molar-refractivity contribution in [2.24, 2.45) is 0 Å². The molecule has 4 aromatic rings. The van der Waals surface area contributed by atoms with E-state index >= 15 is 0 Å². The Morgan fingerprint density at radius 1 is 1.09 bits per heavy atom. The van der Waals surface area contributed by atoms with Crippen LogP contribution in [0.2, 0.25) is 10.0 Å². The zero-order valence-electron chi connectivity index (χ0n) is 16.8. The fourth-order valence-electron chi connectivity index (χ4n) is 3.10. The molecule has 34 heavy (non-hydrogen) atoms. The summed E-state index contributed by atoms with van der Waals surface area (Å²) in [7, 11) is 0. The van der Waals surface area contributed by atoms with Gasteiger partial charge in [0.15, 0.2) is 5.65 Å². The van der Waals surface area contributed by atoms with Crippen LogP contribution in [0.3, 0.4) is 0 Å². The van der Waals surface area contributed by atoms with E-state index in [1.165, 1.54) is 19.1 Å². The highest BCUT2D eigenvalue weighted by atomic mass is 35.5. The van der Waals surface area contributed by atoms with Crippen molar-refractivity contribution >= 4 is 40.7 Å². The Bertz CT molecular complexity index is 1430. The Labute approximate surface area is 197 Å². The first kappa shape index (κ1) is 23.5. The molecular formula is C20H11Cl2F4N5O3. The molecule has 1 aromatic carbocycles. The van der Waals surface area contributed by atoms with Crippen molar-refractivity contribution in [2.45, 2.75) is 13.1 Å². The van der Waals surface area contributed by atoms with Gasteiger partial charge in [0, 0.05) is 12.4 Å². The SMILES string of the molecule is Cc1onc(-c2c(F)cccc2Cl)c1C(=O)NNC(=O)c1cn2cc(C(F)(F)F)cc(Cl)c2n1. The van der Waals surface area contributed by atoms with E-state index in [1.807, 2.05) is 0 Å². The number of hydrazine groups is 1. The van der Waals surface area contributed by atoms with Gasteiger partial charge in [0.1, 0.15) is 28.5 Å². The van der Waals surface area contributed by atoms with Crippen molar-refractivity contribution in [2.75, 3.05) is 0 Å². The van der Waals surface area contributed by atoms with Gasteiger partial charge in [-0.2, -0.15) is 13.2 Å². The minimum Gasteiger partial charge on any atom is -0.360 e. The van der Waals surface area contributed by atoms with Crippen LogP contribution < -0.4 is 10.9 Å². The molecule has 8 nitrogen and oxygen atoms in total. The maximum absolute atomic E-state index is 14.3. The van der Waals surface area contributed by atoms with Crippen LogP contribution in [-0.2, 0) is 6.18 Å². The molecule has 0 bridgehead atoms. The number of hydrogen-bond donors (Lipinski definition) is 2. The van der Waals surface area contributed by atoms with Crippen molar-refractivity contribution in [1.29, 1.82) is 0 Å².